The Bertz CT molecular complexity index is 704. The SMILES string of the molecule is CCCNC(=O)Cc1cc(=O)oc2cc(N(C)C)ccc12. The zero-order chi connectivity index (χ0) is 15.4. The van der Waals surface area contributed by atoms with Gasteiger partial charge >= 0.3 is 5.63 Å². The van der Waals surface area contributed by atoms with E-state index in [0.717, 1.165) is 17.5 Å². The van der Waals surface area contributed by atoms with Crippen LogP contribution in [0.15, 0.2) is 33.5 Å². The van der Waals surface area contributed by atoms with Crippen molar-refractivity contribution in [3.05, 3.63) is 40.2 Å². The van der Waals surface area contributed by atoms with Gasteiger partial charge in [0.05, 0.1) is 6.42 Å². The quantitative estimate of drug-likeness (QED) is 0.854. The molecule has 0 fully saturated rings. The number of amides is 1. The molecule has 5 heteroatoms. The van der Waals surface area contributed by atoms with Gasteiger partial charge < -0.3 is 14.6 Å². The second-order valence-corrected chi connectivity index (χ2v) is 5.19. The molecule has 0 aliphatic rings. The molecule has 1 amide bonds. The van der Waals surface area contributed by atoms with E-state index in [9.17, 15) is 9.59 Å². The maximum atomic E-state index is 11.8. The first-order valence-electron chi connectivity index (χ1n) is 7.02. The molecule has 0 bridgehead atoms. The van der Waals surface area contributed by atoms with Crippen LogP contribution in [0, 0.1) is 0 Å². The van der Waals surface area contributed by atoms with Crippen LogP contribution >= 0.6 is 0 Å². The summed E-state index contributed by atoms with van der Waals surface area (Å²) in [5.74, 6) is -0.0829. The van der Waals surface area contributed by atoms with Gasteiger partial charge in [-0.3, -0.25) is 4.79 Å². The third-order valence-corrected chi connectivity index (χ3v) is 3.25. The third-order valence-electron chi connectivity index (χ3n) is 3.25. The average molecular weight is 288 g/mol. The number of hydrogen-bond donors (Lipinski definition) is 1. The topological polar surface area (TPSA) is 62.6 Å². The molecule has 5 nitrogen and oxygen atoms in total. The molecule has 0 atom stereocenters. The van der Waals surface area contributed by atoms with Crippen LogP contribution in [0.25, 0.3) is 11.0 Å². The Morgan fingerprint density at radius 1 is 1.29 bits per heavy atom. The molecular weight excluding hydrogens is 268 g/mol. The smallest absolute Gasteiger partial charge is 0.336 e. The van der Waals surface area contributed by atoms with Gasteiger partial charge in [-0.25, -0.2) is 4.79 Å². The van der Waals surface area contributed by atoms with Crippen LogP contribution in [0.1, 0.15) is 18.9 Å². The lowest BCUT2D eigenvalue weighted by molar-refractivity contribution is -0.120. The number of carbonyl (C=O) groups excluding carboxylic acids is 1. The highest BCUT2D eigenvalue weighted by atomic mass is 16.4. The number of rotatable bonds is 5. The van der Waals surface area contributed by atoms with Crippen LogP contribution in [0.3, 0.4) is 0 Å². The Balaban J connectivity index is 2.39. The van der Waals surface area contributed by atoms with Gasteiger partial charge in [0, 0.05) is 43.8 Å². The highest BCUT2D eigenvalue weighted by Crippen LogP contribution is 2.22. The monoisotopic (exact) mass is 288 g/mol. The van der Waals surface area contributed by atoms with E-state index >= 15 is 0 Å². The minimum atomic E-state index is -0.434. The van der Waals surface area contributed by atoms with E-state index in [0.29, 0.717) is 17.7 Å². The molecule has 2 rings (SSSR count). The first kappa shape index (κ1) is 15.1. The largest absolute Gasteiger partial charge is 0.423 e. The lowest BCUT2D eigenvalue weighted by atomic mass is 10.1. The number of fused-ring (bicyclic) bond motifs is 1. The third kappa shape index (κ3) is 3.62. The predicted molar refractivity (Wildman–Crippen MR) is 83.8 cm³/mol. The van der Waals surface area contributed by atoms with Gasteiger partial charge in [-0.05, 0) is 24.1 Å². The number of anilines is 1. The fourth-order valence-electron chi connectivity index (χ4n) is 2.14. The van der Waals surface area contributed by atoms with Crippen LogP contribution < -0.4 is 15.8 Å². The van der Waals surface area contributed by atoms with Gasteiger partial charge in [0.1, 0.15) is 5.58 Å². The highest BCUT2D eigenvalue weighted by Gasteiger charge is 2.10. The van der Waals surface area contributed by atoms with E-state index in [4.69, 9.17) is 4.42 Å². The van der Waals surface area contributed by atoms with Crippen molar-refractivity contribution in [3.63, 3.8) is 0 Å². The first-order chi connectivity index (χ1) is 10.0. The minimum absolute atomic E-state index is 0.0829. The van der Waals surface area contributed by atoms with Crippen LogP contribution in [0.5, 0.6) is 0 Å². The van der Waals surface area contributed by atoms with Crippen molar-refractivity contribution in [2.75, 3.05) is 25.5 Å². The Morgan fingerprint density at radius 2 is 2.05 bits per heavy atom. The molecule has 0 saturated heterocycles. The second kappa shape index (κ2) is 6.43. The zero-order valence-electron chi connectivity index (χ0n) is 12.6. The summed E-state index contributed by atoms with van der Waals surface area (Å²) in [4.78, 5) is 25.4. The van der Waals surface area contributed by atoms with Gasteiger partial charge in [-0.15, -0.1) is 0 Å². The molecule has 1 aromatic carbocycles. The Hall–Kier alpha value is -2.30. The van der Waals surface area contributed by atoms with E-state index in [1.165, 1.54) is 6.07 Å². The van der Waals surface area contributed by atoms with Crippen LogP contribution in [-0.2, 0) is 11.2 Å². The predicted octanol–water partition coefficient (Wildman–Crippen LogP) is 1.93. The molecule has 112 valence electrons. The fraction of sp³-hybridized carbons (Fsp3) is 0.375. The number of hydrogen-bond acceptors (Lipinski definition) is 4. The summed E-state index contributed by atoms with van der Waals surface area (Å²) in [6.45, 7) is 2.64. The summed E-state index contributed by atoms with van der Waals surface area (Å²) in [5, 5.41) is 3.61. The lowest BCUT2D eigenvalue weighted by Crippen LogP contribution is -2.26. The molecule has 1 N–H and O–H groups in total. The van der Waals surface area contributed by atoms with Crippen LogP contribution in [-0.4, -0.2) is 26.5 Å². The average Bonchev–Trinajstić information content (AvgIpc) is 2.44. The summed E-state index contributed by atoms with van der Waals surface area (Å²) in [6.07, 6.45) is 1.07. The Labute approximate surface area is 123 Å². The summed E-state index contributed by atoms with van der Waals surface area (Å²) in [5.41, 5.74) is 1.71. The van der Waals surface area contributed by atoms with Crippen molar-refractivity contribution < 1.29 is 9.21 Å². The van der Waals surface area contributed by atoms with Crippen molar-refractivity contribution in [2.45, 2.75) is 19.8 Å². The van der Waals surface area contributed by atoms with Crippen LogP contribution in [0.4, 0.5) is 5.69 Å². The molecule has 2 aromatic rings. The lowest BCUT2D eigenvalue weighted by Gasteiger charge is -2.13. The maximum absolute atomic E-state index is 11.8. The van der Waals surface area contributed by atoms with E-state index < -0.39 is 5.63 Å². The molecule has 0 radical (unpaired) electrons. The van der Waals surface area contributed by atoms with Crippen molar-refractivity contribution in [2.24, 2.45) is 0 Å². The van der Waals surface area contributed by atoms with E-state index in [1.807, 2.05) is 44.1 Å². The maximum Gasteiger partial charge on any atom is 0.336 e. The molecule has 1 heterocycles. The molecule has 1 aromatic heterocycles. The molecule has 0 saturated carbocycles. The Kier molecular flexibility index (Phi) is 4.62. The second-order valence-electron chi connectivity index (χ2n) is 5.19. The summed E-state index contributed by atoms with van der Waals surface area (Å²) >= 11 is 0. The van der Waals surface area contributed by atoms with Crippen molar-refractivity contribution in [1.29, 1.82) is 0 Å². The number of nitrogens with zero attached hydrogens (tertiary/aromatic N) is 1. The minimum Gasteiger partial charge on any atom is -0.423 e. The van der Waals surface area contributed by atoms with Gasteiger partial charge in [0.15, 0.2) is 0 Å². The van der Waals surface area contributed by atoms with Gasteiger partial charge in [0.25, 0.3) is 0 Å². The number of benzene rings is 1. The standard InChI is InChI=1S/C16H20N2O3/c1-4-7-17-15(19)8-11-9-16(20)21-14-10-12(18(2)3)5-6-13(11)14/h5-6,9-10H,4,7-8H2,1-3H3,(H,17,19). The zero-order valence-corrected chi connectivity index (χ0v) is 12.6. The van der Waals surface area contributed by atoms with E-state index in [1.54, 1.807) is 0 Å². The number of nitrogens with one attached hydrogen (secondary N) is 1. The Morgan fingerprint density at radius 3 is 2.71 bits per heavy atom. The molecule has 21 heavy (non-hydrogen) atoms. The van der Waals surface area contributed by atoms with E-state index in [2.05, 4.69) is 5.32 Å². The fourth-order valence-corrected chi connectivity index (χ4v) is 2.14. The molecule has 0 unspecified atom stereocenters. The van der Waals surface area contributed by atoms with Crippen LogP contribution in [0.2, 0.25) is 0 Å². The van der Waals surface area contributed by atoms with Gasteiger partial charge in [0.2, 0.25) is 5.91 Å². The summed E-state index contributed by atoms with van der Waals surface area (Å²) in [7, 11) is 3.84. The van der Waals surface area contributed by atoms with E-state index in [-0.39, 0.29) is 12.3 Å². The van der Waals surface area contributed by atoms with Gasteiger partial charge in [-0.1, -0.05) is 6.92 Å². The summed E-state index contributed by atoms with van der Waals surface area (Å²) in [6, 6.07) is 7.03. The molecule has 0 aliphatic carbocycles. The van der Waals surface area contributed by atoms with Crippen molar-refractivity contribution >= 4 is 22.6 Å². The highest BCUT2D eigenvalue weighted by molar-refractivity contribution is 5.88. The van der Waals surface area contributed by atoms with Gasteiger partial charge in [-0.2, -0.15) is 0 Å². The van der Waals surface area contributed by atoms with Crippen molar-refractivity contribution in [3.8, 4) is 0 Å². The molecular formula is C16H20N2O3. The first-order valence-corrected chi connectivity index (χ1v) is 7.02. The molecule has 0 spiro atoms. The summed E-state index contributed by atoms with van der Waals surface area (Å²) < 4.78 is 5.24. The normalized spacial score (nSPS) is 10.6. The van der Waals surface area contributed by atoms with Crippen molar-refractivity contribution in [1.82, 2.24) is 5.32 Å². The molecule has 0 aliphatic heterocycles. The number of carbonyl (C=O) groups is 1.